The van der Waals surface area contributed by atoms with E-state index in [1.54, 1.807) is 11.0 Å². The van der Waals surface area contributed by atoms with Crippen LogP contribution in [0.5, 0.6) is 0 Å². The highest BCUT2D eigenvalue weighted by molar-refractivity contribution is 8.18. The number of ether oxygens (including phenoxy) is 1. The van der Waals surface area contributed by atoms with Crippen LogP contribution in [0.2, 0.25) is 0 Å². The smallest absolute Gasteiger partial charge is 0.339 e. The van der Waals surface area contributed by atoms with E-state index in [1.165, 1.54) is 18.9 Å². The Morgan fingerprint density at radius 3 is 2.45 bits per heavy atom. The van der Waals surface area contributed by atoms with Gasteiger partial charge in [-0.05, 0) is 83.1 Å². The van der Waals surface area contributed by atoms with Crippen LogP contribution in [0.4, 0.5) is 0 Å². The van der Waals surface area contributed by atoms with Crippen LogP contribution >= 0.6 is 11.8 Å². The van der Waals surface area contributed by atoms with E-state index in [1.807, 2.05) is 76.5 Å². The highest BCUT2D eigenvalue weighted by atomic mass is 32.2. The van der Waals surface area contributed by atoms with E-state index in [-0.39, 0.29) is 24.0 Å². The molecule has 0 aliphatic carbocycles. The summed E-state index contributed by atoms with van der Waals surface area (Å²) in [6, 6.07) is 9.53. The van der Waals surface area contributed by atoms with Gasteiger partial charge in [0, 0.05) is 23.5 Å². The third-order valence-electron chi connectivity index (χ3n) is 5.03. The van der Waals surface area contributed by atoms with Crippen LogP contribution in [0.1, 0.15) is 55.0 Å². The van der Waals surface area contributed by atoms with Gasteiger partial charge in [-0.3, -0.25) is 14.7 Å². The summed E-state index contributed by atoms with van der Waals surface area (Å²) in [5, 5.41) is 0.742. The van der Waals surface area contributed by atoms with Gasteiger partial charge in [-0.15, -0.1) is 0 Å². The molecular weight excluding hydrogens is 410 g/mol. The van der Waals surface area contributed by atoms with Gasteiger partial charge in [0.15, 0.2) is 5.17 Å². The second kappa shape index (κ2) is 9.14. The quantitative estimate of drug-likeness (QED) is 0.487. The van der Waals surface area contributed by atoms with Gasteiger partial charge >= 0.3 is 5.97 Å². The van der Waals surface area contributed by atoms with Gasteiger partial charge in [-0.25, -0.2) is 4.79 Å². The van der Waals surface area contributed by atoms with E-state index < -0.39 is 0 Å². The molecule has 7 heteroatoms. The van der Waals surface area contributed by atoms with E-state index in [0.717, 1.165) is 27.8 Å². The number of thioether (sulfide) groups is 1. The van der Waals surface area contributed by atoms with E-state index >= 15 is 0 Å². The number of aryl methyl sites for hydroxylation is 1. The number of amidine groups is 1. The van der Waals surface area contributed by atoms with Crippen LogP contribution in [0.15, 0.2) is 40.2 Å². The lowest BCUT2D eigenvalue weighted by atomic mass is 10.1. The summed E-state index contributed by atoms with van der Waals surface area (Å²) in [5.74, 6) is -0.411. The molecule has 0 atom stereocenters. The molecule has 1 aliphatic rings. The molecule has 3 rings (SSSR count). The van der Waals surface area contributed by atoms with Crippen LogP contribution in [0.3, 0.4) is 0 Å². The molecule has 0 saturated carbocycles. The fourth-order valence-corrected chi connectivity index (χ4v) is 4.87. The Hall–Kier alpha value is -2.80. The minimum atomic E-state index is -0.383. The van der Waals surface area contributed by atoms with Crippen molar-refractivity contribution >= 4 is 34.9 Å². The highest BCUT2D eigenvalue weighted by Gasteiger charge is 2.35. The first-order valence-electron chi connectivity index (χ1n) is 10.3. The average Bonchev–Trinajstić information content (AvgIpc) is 3.16. The van der Waals surface area contributed by atoms with Gasteiger partial charge in [-0.2, -0.15) is 0 Å². The van der Waals surface area contributed by atoms with Crippen molar-refractivity contribution in [2.45, 2.75) is 53.6 Å². The molecular formula is C24H29N3O3S. The molecule has 0 unspecified atom stereocenters. The minimum absolute atomic E-state index is 0.0286. The lowest BCUT2D eigenvalue weighted by Crippen LogP contribution is -2.35. The van der Waals surface area contributed by atoms with Crippen molar-refractivity contribution in [3.05, 3.63) is 57.8 Å². The van der Waals surface area contributed by atoms with E-state index in [0.29, 0.717) is 10.5 Å². The number of hydrogen-bond donors (Lipinski definition) is 0. The summed E-state index contributed by atoms with van der Waals surface area (Å²) in [6.07, 6.45) is 1.92. The van der Waals surface area contributed by atoms with Crippen LogP contribution in [0, 0.1) is 13.8 Å². The molecule has 1 aromatic heterocycles. The number of aliphatic imine (C=N–C) groups is 1. The number of amides is 1. The Bertz CT molecular complexity index is 1080. The summed E-state index contributed by atoms with van der Waals surface area (Å²) >= 11 is 1.41. The zero-order chi connectivity index (χ0) is 22.9. The molecule has 0 bridgehead atoms. The van der Waals surface area contributed by atoms with Crippen LogP contribution in [0.25, 0.3) is 11.8 Å². The van der Waals surface area contributed by atoms with Crippen molar-refractivity contribution < 1.29 is 14.3 Å². The molecule has 0 radical (unpaired) electrons. The number of carbonyl (C=O) groups excluding carboxylic acids is 2. The predicted molar refractivity (Wildman–Crippen MR) is 127 cm³/mol. The molecule has 164 valence electrons. The second-order valence-electron chi connectivity index (χ2n) is 8.06. The Kier molecular flexibility index (Phi) is 6.74. The molecule has 1 aliphatic heterocycles. The summed E-state index contributed by atoms with van der Waals surface area (Å²) in [6.45, 7) is 12.0. The highest BCUT2D eigenvalue weighted by Crippen LogP contribution is 2.35. The number of para-hydroxylation sites is 1. The summed E-state index contributed by atoms with van der Waals surface area (Å²) in [5.41, 5.74) is 4.09. The van der Waals surface area contributed by atoms with Crippen LogP contribution in [-0.4, -0.2) is 45.7 Å². The largest absolute Gasteiger partial charge is 0.465 e. The monoisotopic (exact) mass is 439 g/mol. The van der Waals surface area contributed by atoms with Gasteiger partial charge < -0.3 is 9.30 Å². The molecule has 31 heavy (non-hydrogen) atoms. The number of aromatic nitrogens is 1. The molecule has 1 aromatic carbocycles. The van der Waals surface area contributed by atoms with E-state index in [9.17, 15) is 9.59 Å². The average molecular weight is 440 g/mol. The first-order chi connectivity index (χ1) is 14.6. The SMILES string of the molecule is COC(=O)c1ccccc1-n1c(C)cc(/C=C2/SC(=NC(C)C)N(C(C)C)C2=O)c1C. The van der Waals surface area contributed by atoms with Crippen LogP contribution < -0.4 is 0 Å². The minimum Gasteiger partial charge on any atom is -0.465 e. The van der Waals surface area contributed by atoms with E-state index in [2.05, 4.69) is 4.99 Å². The molecule has 0 N–H and O–H groups in total. The summed E-state index contributed by atoms with van der Waals surface area (Å²) in [7, 11) is 1.38. The maximum atomic E-state index is 13.1. The van der Waals surface area contributed by atoms with Crippen molar-refractivity contribution in [2.24, 2.45) is 4.99 Å². The molecule has 2 aromatic rings. The molecule has 0 spiro atoms. The Balaban J connectivity index is 2.07. The Morgan fingerprint density at radius 2 is 1.84 bits per heavy atom. The van der Waals surface area contributed by atoms with Crippen molar-refractivity contribution in [3.63, 3.8) is 0 Å². The zero-order valence-electron chi connectivity index (χ0n) is 19.1. The van der Waals surface area contributed by atoms with Gasteiger partial charge in [0.25, 0.3) is 5.91 Å². The Labute approximate surface area is 188 Å². The normalized spacial score (nSPS) is 16.9. The maximum absolute atomic E-state index is 13.1. The molecule has 1 fully saturated rings. The molecule has 1 saturated heterocycles. The first kappa shape index (κ1) is 22.9. The molecule has 6 nitrogen and oxygen atoms in total. The predicted octanol–water partition coefficient (Wildman–Crippen LogP) is 4.97. The number of carbonyl (C=O) groups is 2. The lowest BCUT2D eigenvalue weighted by Gasteiger charge is -2.20. The van der Waals surface area contributed by atoms with Crippen molar-refractivity contribution in [2.75, 3.05) is 7.11 Å². The number of esters is 1. The molecule has 2 heterocycles. The van der Waals surface area contributed by atoms with Gasteiger partial charge in [-0.1, -0.05) is 12.1 Å². The van der Waals surface area contributed by atoms with E-state index in [4.69, 9.17) is 4.74 Å². The second-order valence-corrected chi connectivity index (χ2v) is 9.06. The van der Waals surface area contributed by atoms with Crippen molar-refractivity contribution in [1.29, 1.82) is 0 Å². The molecule has 1 amide bonds. The van der Waals surface area contributed by atoms with Crippen LogP contribution in [-0.2, 0) is 9.53 Å². The number of benzene rings is 1. The third kappa shape index (κ3) is 4.46. The Morgan fingerprint density at radius 1 is 1.16 bits per heavy atom. The number of methoxy groups -OCH3 is 1. The fraction of sp³-hybridized carbons (Fsp3) is 0.375. The lowest BCUT2D eigenvalue weighted by molar-refractivity contribution is -0.123. The fourth-order valence-electron chi connectivity index (χ4n) is 3.65. The zero-order valence-corrected chi connectivity index (χ0v) is 19.9. The van der Waals surface area contributed by atoms with Crippen molar-refractivity contribution in [3.8, 4) is 5.69 Å². The van der Waals surface area contributed by atoms with Gasteiger partial charge in [0.1, 0.15) is 0 Å². The number of rotatable bonds is 5. The standard InChI is InChI=1S/C24H29N3O3S/c1-14(2)25-24-26(15(3)4)22(28)21(31-24)13-18-12-16(5)27(17(18)6)20-11-9-8-10-19(20)23(29)30-7/h8-15H,1-7H3/b21-13+,25-24?. The summed E-state index contributed by atoms with van der Waals surface area (Å²) in [4.78, 5) is 32.4. The van der Waals surface area contributed by atoms with Crippen molar-refractivity contribution in [1.82, 2.24) is 9.47 Å². The first-order valence-corrected chi connectivity index (χ1v) is 11.1. The van der Waals surface area contributed by atoms with Gasteiger partial charge in [0.2, 0.25) is 0 Å². The van der Waals surface area contributed by atoms with Gasteiger partial charge in [0.05, 0.1) is 23.3 Å². The maximum Gasteiger partial charge on any atom is 0.339 e. The summed E-state index contributed by atoms with van der Waals surface area (Å²) < 4.78 is 6.97. The number of hydrogen-bond acceptors (Lipinski definition) is 5. The number of nitrogens with zero attached hydrogens (tertiary/aromatic N) is 3. The third-order valence-corrected chi connectivity index (χ3v) is 6.03. The topological polar surface area (TPSA) is 63.9 Å².